The average molecular weight is 555 g/mol. The molecule has 0 spiro atoms. The van der Waals surface area contributed by atoms with Crippen molar-refractivity contribution in [2.24, 2.45) is 0 Å². The zero-order valence-electron chi connectivity index (χ0n) is 22.2. The summed E-state index contributed by atoms with van der Waals surface area (Å²) in [5.74, 6) is 0. The second-order valence-corrected chi connectivity index (χ2v) is 11.3. The van der Waals surface area contributed by atoms with Crippen LogP contribution in [0.3, 0.4) is 0 Å². The third-order valence-electron chi connectivity index (χ3n) is 8.20. The standard InChI is InChI=1S/C17H15ClO2.C17H16O3/c2*18-17(11-1-3-13-7-19-9-15(13)5-11)12-2-4-14-8-20-10-16(14)6-12/h1-6,17H,7-10H2;1-6,17-18H,7-10H2. The van der Waals surface area contributed by atoms with Crippen molar-refractivity contribution < 1.29 is 24.1 Å². The normalized spacial score (nSPS) is 16.5. The molecular formula is C34H31ClO5. The Morgan fingerprint density at radius 2 is 0.700 bits per heavy atom. The number of rotatable bonds is 4. The predicted molar refractivity (Wildman–Crippen MR) is 151 cm³/mol. The molecule has 0 saturated carbocycles. The van der Waals surface area contributed by atoms with Crippen LogP contribution >= 0.6 is 11.6 Å². The Kier molecular flexibility index (Phi) is 7.18. The molecule has 4 aliphatic rings. The van der Waals surface area contributed by atoms with Gasteiger partial charge in [0.05, 0.1) is 58.2 Å². The van der Waals surface area contributed by atoms with Gasteiger partial charge >= 0.3 is 0 Å². The monoisotopic (exact) mass is 554 g/mol. The van der Waals surface area contributed by atoms with E-state index in [4.69, 9.17) is 30.5 Å². The first-order valence-corrected chi connectivity index (χ1v) is 14.2. The van der Waals surface area contributed by atoms with Crippen molar-refractivity contribution in [3.8, 4) is 0 Å². The van der Waals surface area contributed by atoms with Gasteiger partial charge < -0.3 is 24.1 Å². The van der Waals surface area contributed by atoms with Crippen molar-refractivity contribution in [2.45, 2.75) is 64.3 Å². The summed E-state index contributed by atoms with van der Waals surface area (Å²) in [5, 5.41) is 10.5. The molecule has 204 valence electrons. The van der Waals surface area contributed by atoms with Gasteiger partial charge in [-0.25, -0.2) is 0 Å². The maximum absolute atomic E-state index is 10.6. The number of aliphatic hydroxyl groups is 1. The Hall–Kier alpha value is -3.03. The smallest absolute Gasteiger partial charge is 0.104 e. The number of benzene rings is 4. The SMILES string of the molecule is ClC(c1ccc2c(c1)COC2)c1ccc2c(c1)COC2.OC(c1ccc2c(c1)COC2)c1ccc2c(c1)COC2. The van der Waals surface area contributed by atoms with Crippen LogP contribution in [0.5, 0.6) is 0 Å². The fraction of sp³-hybridized carbons (Fsp3) is 0.294. The first kappa shape index (κ1) is 25.9. The molecule has 0 atom stereocenters. The van der Waals surface area contributed by atoms with E-state index in [2.05, 4.69) is 60.7 Å². The highest BCUT2D eigenvalue weighted by atomic mass is 35.5. The molecule has 0 radical (unpaired) electrons. The molecule has 6 heteroatoms. The van der Waals surface area contributed by atoms with E-state index in [9.17, 15) is 5.11 Å². The molecule has 4 aliphatic heterocycles. The first-order valence-electron chi connectivity index (χ1n) is 13.7. The Morgan fingerprint density at radius 3 is 1.05 bits per heavy atom. The largest absolute Gasteiger partial charge is 0.384 e. The Bertz CT molecular complexity index is 1330. The van der Waals surface area contributed by atoms with E-state index >= 15 is 0 Å². The maximum atomic E-state index is 10.6. The summed E-state index contributed by atoms with van der Waals surface area (Å²) >= 11 is 6.65. The lowest BCUT2D eigenvalue weighted by Crippen LogP contribution is -2.01. The summed E-state index contributed by atoms with van der Waals surface area (Å²) < 4.78 is 21.7. The van der Waals surface area contributed by atoms with Crippen molar-refractivity contribution >= 4 is 11.6 Å². The molecule has 0 aromatic heterocycles. The zero-order chi connectivity index (χ0) is 27.1. The van der Waals surface area contributed by atoms with E-state index in [0.717, 1.165) is 35.5 Å². The lowest BCUT2D eigenvalue weighted by Gasteiger charge is -2.13. The van der Waals surface area contributed by atoms with Crippen molar-refractivity contribution in [2.75, 3.05) is 0 Å². The van der Waals surface area contributed by atoms with E-state index in [1.807, 2.05) is 12.1 Å². The molecule has 8 rings (SSSR count). The summed E-state index contributed by atoms with van der Waals surface area (Å²) in [5.41, 5.74) is 14.0. The maximum Gasteiger partial charge on any atom is 0.104 e. The summed E-state index contributed by atoms with van der Waals surface area (Å²) in [7, 11) is 0. The van der Waals surface area contributed by atoms with Crippen LogP contribution in [-0.4, -0.2) is 5.11 Å². The van der Waals surface area contributed by atoms with Gasteiger partial charge in [0.1, 0.15) is 6.10 Å². The number of hydrogen-bond acceptors (Lipinski definition) is 5. The molecule has 0 fully saturated rings. The predicted octanol–water partition coefficient (Wildman–Crippen LogP) is 6.90. The molecule has 40 heavy (non-hydrogen) atoms. The number of alkyl halides is 1. The van der Waals surface area contributed by atoms with Crippen LogP contribution in [0.25, 0.3) is 0 Å². The Balaban J connectivity index is 0.000000132. The topological polar surface area (TPSA) is 57.2 Å². The van der Waals surface area contributed by atoms with Crippen molar-refractivity contribution in [3.63, 3.8) is 0 Å². The zero-order valence-corrected chi connectivity index (χ0v) is 23.0. The van der Waals surface area contributed by atoms with E-state index in [1.165, 1.54) is 44.5 Å². The van der Waals surface area contributed by atoms with Crippen LogP contribution in [0.2, 0.25) is 0 Å². The number of halogens is 1. The molecule has 0 amide bonds. The minimum atomic E-state index is -0.591. The van der Waals surface area contributed by atoms with Crippen molar-refractivity contribution in [3.05, 3.63) is 140 Å². The molecule has 4 heterocycles. The van der Waals surface area contributed by atoms with Crippen LogP contribution < -0.4 is 0 Å². The van der Waals surface area contributed by atoms with Crippen LogP contribution in [0.1, 0.15) is 78.2 Å². The summed E-state index contributed by atoms with van der Waals surface area (Å²) in [6.45, 7) is 5.50. The number of fused-ring (bicyclic) bond motifs is 4. The van der Waals surface area contributed by atoms with Crippen LogP contribution in [-0.2, 0) is 71.8 Å². The number of ether oxygens (including phenoxy) is 4. The van der Waals surface area contributed by atoms with Crippen LogP contribution in [0.15, 0.2) is 72.8 Å². The average Bonchev–Trinajstić information content (AvgIpc) is 3.81. The van der Waals surface area contributed by atoms with Gasteiger partial charge in [-0.05, 0) is 66.8 Å². The fourth-order valence-corrected chi connectivity index (χ4v) is 6.08. The first-order chi connectivity index (χ1) is 19.6. The summed E-state index contributed by atoms with van der Waals surface area (Å²) in [4.78, 5) is 0. The minimum absolute atomic E-state index is 0.119. The lowest BCUT2D eigenvalue weighted by molar-refractivity contribution is 0.134. The Labute approximate surface area is 239 Å². The van der Waals surface area contributed by atoms with E-state index in [-0.39, 0.29) is 5.38 Å². The van der Waals surface area contributed by atoms with Gasteiger partial charge in [0.25, 0.3) is 0 Å². The van der Waals surface area contributed by atoms with Crippen molar-refractivity contribution in [1.29, 1.82) is 0 Å². The number of hydrogen-bond donors (Lipinski definition) is 1. The van der Waals surface area contributed by atoms with Gasteiger partial charge in [-0.2, -0.15) is 0 Å². The molecule has 4 aromatic carbocycles. The highest BCUT2D eigenvalue weighted by Crippen LogP contribution is 2.34. The van der Waals surface area contributed by atoms with Gasteiger partial charge in [-0.1, -0.05) is 72.8 Å². The molecular weight excluding hydrogens is 524 g/mol. The van der Waals surface area contributed by atoms with Crippen LogP contribution in [0.4, 0.5) is 0 Å². The summed E-state index contributed by atoms with van der Waals surface area (Å²) in [6, 6.07) is 25.0. The van der Waals surface area contributed by atoms with Crippen LogP contribution in [0, 0.1) is 0 Å². The fourth-order valence-electron chi connectivity index (χ4n) is 5.81. The van der Waals surface area contributed by atoms with Gasteiger partial charge in [-0.3, -0.25) is 0 Å². The summed E-state index contributed by atoms with van der Waals surface area (Å²) in [6.07, 6.45) is -0.591. The van der Waals surface area contributed by atoms with E-state index in [0.29, 0.717) is 39.6 Å². The molecule has 5 nitrogen and oxygen atoms in total. The molecule has 0 bridgehead atoms. The number of aliphatic hydroxyl groups excluding tert-OH is 1. The van der Waals surface area contributed by atoms with Crippen molar-refractivity contribution in [1.82, 2.24) is 0 Å². The highest BCUT2D eigenvalue weighted by molar-refractivity contribution is 6.22. The second kappa shape index (κ2) is 11.1. The van der Waals surface area contributed by atoms with Gasteiger partial charge in [0, 0.05) is 0 Å². The van der Waals surface area contributed by atoms with Gasteiger partial charge in [0.15, 0.2) is 0 Å². The second-order valence-electron chi connectivity index (χ2n) is 10.8. The van der Waals surface area contributed by atoms with Gasteiger partial charge in [0.2, 0.25) is 0 Å². The van der Waals surface area contributed by atoms with E-state index in [1.54, 1.807) is 0 Å². The molecule has 1 N–H and O–H groups in total. The Morgan fingerprint density at radius 1 is 0.425 bits per heavy atom. The third-order valence-corrected chi connectivity index (χ3v) is 8.70. The van der Waals surface area contributed by atoms with Gasteiger partial charge in [-0.15, -0.1) is 11.6 Å². The lowest BCUT2D eigenvalue weighted by atomic mass is 9.96. The molecule has 0 unspecified atom stereocenters. The molecule has 0 aliphatic carbocycles. The third kappa shape index (κ3) is 5.10. The van der Waals surface area contributed by atoms with E-state index < -0.39 is 6.10 Å². The molecule has 4 aromatic rings. The molecule has 0 saturated heterocycles. The minimum Gasteiger partial charge on any atom is -0.384 e. The highest BCUT2D eigenvalue weighted by Gasteiger charge is 2.20. The quantitative estimate of drug-likeness (QED) is 0.278.